The lowest BCUT2D eigenvalue weighted by atomic mass is 10.2. The first-order valence-electron chi connectivity index (χ1n) is 5.95. The molecule has 1 aromatic heterocycles. The van der Waals surface area contributed by atoms with E-state index in [4.69, 9.17) is 4.43 Å². The normalized spacial score (nSPS) is 12.8. The highest BCUT2D eigenvalue weighted by Gasteiger charge is 2.24. The molecule has 3 nitrogen and oxygen atoms in total. The van der Waals surface area contributed by atoms with Gasteiger partial charge in [-0.3, -0.25) is 4.98 Å². The van der Waals surface area contributed by atoms with E-state index in [9.17, 15) is 5.11 Å². The Labute approximate surface area is 105 Å². The Hall–Kier alpha value is -0.713. The molecule has 1 rings (SSSR count). The predicted octanol–water partition coefficient (Wildman–Crippen LogP) is 3.10. The Morgan fingerprint density at radius 2 is 2.00 bits per heavy atom. The van der Waals surface area contributed by atoms with Crippen LogP contribution in [0.3, 0.4) is 0 Å². The minimum Gasteiger partial charge on any atom is -0.561 e. The molecule has 0 amide bonds. The number of aromatic nitrogens is 1. The Balaban J connectivity index is 2.74. The Bertz CT molecular complexity index is 372. The smallest absolute Gasteiger partial charge is 0.0856 e. The Morgan fingerprint density at radius 1 is 1.35 bits per heavy atom. The number of rotatable bonds is 4. The molecule has 0 aliphatic carbocycles. The summed E-state index contributed by atoms with van der Waals surface area (Å²) < 4.78 is 6.11. The standard InChI is InChI=1S/C13H23NO2Si/c1-13(2,3)17(4,5)16-10-11-7-6-8-14-12(11)9-15/h6-8,15H,9-10H2,1-5H3/q-1. The SMILES string of the molecule is CC(C)(C)[Si-](C)(C)OCc1cccnc1CO. The molecule has 97 valence electrons. The van der Waals surface area contributed by atoms with Crippen molar-refractivity contribution in [3.05, 3.63) is 29.6 Å². The fourth-order valence-corrected chi connectivity index (χ4v) is 2.17. The van der Waals surface area contributed by atoms with Gasteiger partial charge < -0.3 is 9.53 Å². The molecule has 0 unspecified atom stereocenters. The lowest BCUT2D eigenvalue weighted by Crippen LogP contribution is -2.40. The maximum atomic E-state index is 9.20. The molecular formula is C13H23NO2Si-. The molecule has 4 heteroatoms. The maximum Gasteiger partial charge on any atom is 0.0856 e. The monoisotopic (exact) mass is 253 g/mol. The highest BCUT2D eigenvalue weighted by molar-refractivity contribution is 6.74. The summed E-state index contributed by atoms with van der Waals surface area (Å²) in [6.45, 7) is 11.6. The number of hydrogen-bond donors (Lipinski definition) is 1. The van der Waals surface area contributed by atoms with Crippen molar-refractivity contribution >= 4 is 8.32 Å². The van der Waals surface area contributed by atoms with E-state index in [0.717, 1.165) is 5.56 Å². The number of hydrogen-bond acceptors (Lipinski definition) is 3. The second-order valence-corrected chi connectivity index (χ2v) is 10.6. The zero-order valence-corrected chi connectivity index (χ0v) is 12.4. The first kappa shape index (κ1) is 14.3. The quantitative estimate of drug-likeness (QED) is 0.838. The van der Waals surface area contributed by atoms with Gasteiger partial charge >= 0.3 is 0 Å². The van der Waals surface area contributed by atoms with Crippen LogP contribution >= 0.6 is 0 Å². The van der Waals surface area contributed by atoms with Gasteiger partial charge in [0.2, 0.25) is 0 Å². The van der Waals surface area contributed by atoms with Crippen molar-refractivity contribution in [1.82, 2.24) is 4.98 Å². The van der Waals surface area contributed by atoms with Gasteiger partial charge in [0, 0.05) is 12.8 Å². The summed E-state index contributed by atoms with van der Waals surface area (Å²) >= 11 is 0. The van der Waals surface area contributed by atoms with Gasteiger partial charge in [-0.25, -0.2) is 0 Å². The third-order valence-electron chi connectivity index (χ3n) is 3.53. The van der Waals surface area contributed by atoms with E-state index in [1.165, 1.54) is 0 Å². The second-order valence-electron chi connectivity index (χ2n) is 5.82. The molecular weight excluding hydrogens is 230 g/mol. The molecule has 0 spiro atoms. The third-order valence-corrected chi connectivity index (χ3v) is 8.01. The van der Waals surface area contributed by atoms with E-state index in [2.05, 4.69) is 38.8 Å². The fraction of sp³-hybridized carbons (Fsp3) is 0.615. The minimum atomic E-state index is -1.73. The van der Waals surface area contributed by atoms with Crippen LogP contribution in [0.5, 0.6) is 0 Å². The van der Waals surface area contributed by atoms with Gasteiger partial charge in [-0.2, -0.15) is 0 Å². The van der Waals surface area contributed by atoms with E-state index < -0.39 is 8.32 Å². The van der Waals surface area contributed by atoms with Crippen molar-refractivity contribution < 1.29 is 9.53 Å². The summed E-state index contributed by atoms with van der Waals surface area (Å²) in [5, 5.41) is 9.40. The van der Waals surface area contributed by atoms with E-state index in [1.807, 2.05) is 12.1 Å². The van der Waals surface area contributed by atoms with Crippen LogP contribution in [0, 0.1) is 0 Å². The van der Waals surface area contributed by atoms with Crippen molar-refractivity contribution in [2.45, 2.75) is 52.1 Å². The van der Waals surface area contributed by atoms with Gasteiger partial charge in [-0.1, -0.05) is 26.8 Å². The fourth-order valence-electron chi connectivity index (χ4n) is 1.22. The highest BCUT2D eigenvalue weighted by atomic mass is 28.4. The number of aliphatic hydroxyl groups excluding tert-OH is 1. The second kappa shape index (κ2) is 5.29. The molecule has 0 fully saturated rings. The Kier molecular flexibility index (Phi) is 4.46. The molecule has 1 aromatic rings. The largest absolute Gasteiger partial charge is 0.561 e. The molecule has 17 heavy (non-hydrogen) atoms. The van der Waals surface area contributed by atoms with Crippen molar-refractivity contribution in [3.8, 4) is 0 Å². The van der Waals surface area contributed by atoms with Crippen molar-refractivity contribution in [1.29, 1.82) is 0 Å². The van der Waals surface area contributed by atoms with Crippen LogP contribution in [0.4, 0.5) is 0 Å². The average molecular weight is 253 g/mol. The first-order chi connectivity index (χ1) is 7.78. The van der Waals surface area contributed by atoms with E-state index in [1.54, 1.807) is 6.20 Å². The topological polar surface area (TPSA) is 42.4 Å². The molecule has 1 N–H and O–H groups in total. The molecule has 0 aliphatic heterocycles. The van der Waals surface area contributed by atoms with Crippen LogP contribution < -0.4 is 0 Å². The van der Waals surface area contributed by atoms with Gasteiger partial charge in [0.05, 0.1) is 12.3 Å². The third kappa shape index (κ3) is 3.62. The lowest BCUT2D eigenvalue weighted by Gasteiger charge is -2.48. The summed E-state index contributed by atoms with van der Waals surface area (Å²) in [7, 11) is -1.73. The van der Waals surface area contributed by atoms with Crippen LogP contribution in [0.2, 0.25) is 18.1 Å². The molecule has 0 saturated carbocycles. The van der Waals surface area contributed by atoms with Crippen molar-refractivity contribution in [2.24, 2.45) is 0 Å². The molecule has 0 saturated heterocycles. The molecule has 1 heterocycles. The lowest BCUT2D eigenvalue weighted by molar-refractivity contribution is 0.255. The summed E-state index contributed by atoms with van der Waals surface area (Å²) in [6, 6.07) is 3.84. The van der Waals surface area contributed by atoms with E-state index in [0.29, 0.717) is 12.3 Å². The first-order valence-corrected chi connectivity index (χ1v) is 8.86. The number of nitrogens with zero attached hydrogens (tertiary/aromatic N) is 1. The number of pyridine rings is 1. The molecule has 0 aliphatic rings. The number of aliphatic hydroxyl groups is 1. The van der Waals surface area contributed by atoms with Gasteiger partial charge in [0.15, 0.2) is 0 Å². The van der Waals surface area contributed by atoms with Crippen LogP contribution in [0.15, 0.2) is 18.3 Å². The van der Waals surface area contributed by atoms with Gasteiger partial charge in [-0.15, -0.1) is 18.1 Å². The predicted molar refractivity (Wildman–Crippen MR) is 72.1 cm³/mol. The molecule has 0 aromatic carbocycles. The maximum absolute atomic E-state index is 9.20. The van der Waals surface area contributed by atoms with Crippen LogP contribution in [0.25, 0.3) is 0 Å². The Morgan fingerprint density at radius 3 is 2.53 bits per heavy atom. The zero-order valence-electron chi connectivity index (χ0n) is 11.4. The summed E-state index contributed by atoms with van der Waals surface area (Å²) in [4.78, 5) is 4.15. The van der Waals surface area contributed by atoms with Crippen LogP contribution in [0.1, 0.15) is 32.0 Å². The minimum absolute atomic E-state index is 0.0307. The summed E-state index contributed by atoms with van der Waals surface area (Å²) in [5.41, 5.74) is 1.70. The van der Waals surface area contributed by atoms with Crippen molar-refractivity contribution in [2.75, 3.05) is 0 Å². The summed E-state index contributed by atoms with van der Waals surface area (Å²) in [5.74, 6) is 0. The van der Waals surface area contributed by atoms with Crippen LogP contribution in [-0.4, -0.2) is 18.4 Å². The average Bonchev–Trinajstić information content (AvgIpc) is 2.25. The summed E-state index contributed by atoms with van der Waals surface area (Å²) in [6.07, 6.45) is 1.70. The van der Waals surface area contributed by atoms with Gasteiger partial charge in [0.25, 0.3) is 0 Å². The van der Waals surface area contributed by atoms with Gasteiger partial charge in [-0.05, 0) is 19.9 Å². The zero-order chi connectivity index (χ0) is 13.1. The van der Waals surface area contributed by atoms with E-state index in [-0.39, 0.29) is 11.6 Å². The van der Waals surface area contributed by atoms with Gasteiger partial charge in [0.1, 0.15) is 0 Å². The van der Waals surface area contributed by atoms with Crippen LogP contribution in [-0.2, 0) is 17.6 Å². The van der Waals surface area contributed by atoms with E-state index >= 15 is 0 Å². The molecule has 0 radical (unpaired) electrons. The molecule has 0 bridgehead atoms. The highest BCUT2D eigenvalue weighted by Crippen LogP contribution is 2.37. The van der Waals surface area contributed by atoms with Crippen molar-refractivity contribution in [3.63, 3.8) is 0 Å². The molecule has 0 atom stereocenters.